The molecule has 1 heterocycles. The maximum Gasteiger partial charge on any atom is 0.266 e. The second kappa shape index (κ2) is 8.20. The van der Waals surface area contributed by atoms with Gasteiger partial charge in [-0.3, -0.25) is 9.59 Å². The van der Waals surface area contributed by atoms with Gasteiger partial charge in [-0.2, -0.15) is 5.26 Å². The molecule has 1 N–H and O–H groups in total. The molecule has 0 bridgehead atoms. The lowest BCUT2D eigenvalue weighted by Crippen LogP contribution is -2.50. The Balaban J connectivity index is 1.99. The van der Waals surface area contributed by atoms with Crippen LogP contribution in [0.5, 0.6) is 0 Å². The van der Waals surface area contributed by atoms with E-state index in [1.807, 2.05) is 49.3 Å². The highest BCUT2D eigenvalue weighted by Gasteiger charge is 2.24. The minimum absolute atomic E-state index is 0.00554. The van der Waals surface area contributed by atoms with Crippen LogP contribution in [-0.2, 0) is 9.59 Å². The summed E-state index contributed by atoms with van der Waals surface area (Å²) in [7, 11) is 3.92. The van der Waals surface area contributed by atoms with Crippen molar-refractivity contribution in [3.8, 4) is 6.07 Å². The lowest BCUT2D eigenvalue weighted by atomic mass is 10.2. The van der Waals surface area contributed by atoms with Gasteiger partial charge in [0.2, 0.25) is 5.91 Å². The van der Waals surface area contributed by atoms with Gasteiger partial charge < -0.3 is 20.0 Å². The number of piperazine rings is 1. The standard InChI is InChI=1S/C18H23N5O2/c1-14(24)22-8-10-23(11-9-22)18(25)15(12-19)13-20-16-4-6-17(7-5-16)21(2)3/h4-7,13,20H,8-11H2,1-3H3/b15-13-. The van der Waals surface area contributed by atoms with Gasteiger partial charge in [-0.25, -0.2) is 0 Å². The van der Waals surface area contributed by atoms with E-state index >= 15 is 0 Å². The van der Waals surface area contributed by atoms with E-state index in [2.05, 4.69) is 5.32 Å². The summed E-state index contributed by atoms with van der Waals surface area (Å²) in [6.07, 6.45) is 1.43. The Morgan fingerprint density at radius 2 is 1.68 bits per heavy atom. The Kier molecular flexibility index (Phi) is 6.01. The quantitative estimate of drug-likeness (QED) is 0.659. The zero-order valence-corrected chi connectivity index (χ0v) is 14.8. The van der Waals surface area contributed by atoms with Gasteiger partial charge in [0.05, 0.1) is 0 Å². The molecule has 7 nitrogen and oxygen atoms in total. The summed E-state index contributed by atoms with van der Waals surface area (Å²) in [6, 6.07) is 9.62. The fourth-order valence-electron chi connectivity index (χ4n) is 2.55. The van der Waals surface area contributed by atoms with Crippen LogP contribution in [0.4, 0.5) is 11.4 Å². The van der Waals surface area contributed by atoms with Crippen molar-refractivity contribution in [1.29, 1.82) is 5.26 Å². The number of hydrogen-bond donors (Lipinski definition) is 1. The van der Waals surface area contributed by atoms with E-state index < -0.39 is 0 Å². The molecule has 1 fully saturated rings. The van der Waals surface area contributed by atoms with Crippen LogP contribution in [0.25, 0.3) is 0 Å². The maximum absolute atomic E-state index is 12.5. The summed E-state index contributed by atoms with van der Waals surface area (Å²) < 4.78 is 0. The minimum Gasteiger partial charge on any atom is -0.378 e. The Hall–Kier alpha value is -3.01. The van der Waals surface area contributed by atoms with Crippen molar-refractivity contribution in [3.05, 3.63) is 36.0 Å². The van der Waals surface area contributed by atoms with E-state index in [9.17, 15) is 14.9 Å². The molecule has 1 aromatic carbocycles. The van der Waals surface area contributed by atoms with Crippen molar-refractivity contribution in [3.63, 3.8) is 0 Å². The van der Waals surface area contributed by atoms with Crippen LogP contribution in [-0.4, -0.2) is 61.9 Å². The van der Waals surface area contributed by atoms with Gasteiger partial charge in [0.15, 0.2) is 0 Å². The molecule has 2 rings (SSSR count). The molecule has 132 valence electrons. The van der Waals surface area contributed by atoms with Crippen LogP contribution in [0, 0.1) is 11.3 Å². The van der Waals surface area contributed by atoms with Crippen LogP contribution in [0.3, 0.4) is 0 Å². The summed E-state index contributed by atoms with van der Waals surface area (Å²) in [5, 5.41) is 12.3. The predicted molar refractivity (Wildman–Crippen MR) is 96.9 cm³/mol. The third-order valence-corrected chi connectivity index (χ3v) is 4.13. The third kappa shape index (κ3) is 4.73. The Bertz CT molecular complexity index is 695. The van der Waals surface area contributed by atoms with E-state index in [-0.39, 0.29) is 17.4 Å². The third-order valence-electron chi connectivity index (χ3n) is 4.13. The summed E-state index contributed by atoms with van der Waals surface area (Å²) >= 11 is 0. The average Bonchev–Trinajstić information content (AvgIpc) is 2.62. The summed E-state index contributed by atoms with van der Waals surface area (Å²) in [5.41, 5.74) is 1.91. The first kappa shape index (κ1) is 18.3. The highest BCUT2D eigenvalue weighted by atomic mass is 16.2. The van der Waals surface area contributed by atoms with E-state index in [4.69, 9.17) is 0 Å². The van der Waals surface area contributed by atoms with Gasteiger partial charge in [-0.1, -0.05) is 0 Å². The molecule has 1 aromatic rings. The lowest BCUT2D eigenvalue weighted by Gasteiger charge is -2.34. The highest BCUT2D eigenvalue weighted by Crippen LogP contribution is 2.16. The van der Waals surface area contributed by atoms with Crippen LogP contribution >= 0.6 is 0 Å². The first-order valence-corrected chi connectivity index (χ1v) is 8.11. The second-order valence-electron chi connectivity index (χ2n) is 6.05. The maximum atomic E-state index is 12.5. The van der Waals surface area contributed by atoms with Crippen LogP contribution in [0.1, 0.15) is 6.92 Å². The molecule has 0 atom stereocenters. The number of amides is 2. The molecular formula is C18H23N5O2. The van der Waals surface area contributed by atoms with Gasteiger partial charge in [-0.05, 0) is 24.3 Å². The zero-order chi connectivity index (χ0) is 18.4. The van der Waals surface area contributed by atoms with Crippen molar-refractivity contribution in [2.24, 2.45) is 0 Å². The van der Waals surface area contributed by atoms with Gasteiger partial charge in [0, 0.05) is 64.8 Å². The zero-order valence-electron chi connectivity index (χ0n) is 14.8. The van der Waals surface area contributed by atoms with E-state index in [1.54, 1.807) is 9.80 Å². The number of hydrogen-bond acceptors (Lipinski definition) is 5. The van der Waals surface area contributed by atoms with Gasteiger partial charge >= 0.3 is 0 Å². The van der Waals surface area contributed by atoms with Crippen molar-refractivity contribution in [2.45, 2.75) is 6.92 Å². The summed E-state index contributed by atoms with van der Waals surface area (Å²) in [4.78, 5) is 29.1. The minimum atomic E-state index is -0.317. The SMILES string of the molecule is CC(=O)N1CCN(C(=O)/C(C#N)=C\Nc2ccc(N(C)C)cc2)CC1. The molecule has 1 aliphatic rings. The molecule has 0 aliphatic carbocycles. The lowest BCUT2D eigenvalue weighted by molar-refractivity contribution is -0.136. The molecule has 0 unspecified atom stereocenters. The van der Waals surface area contributed by atoms with Crippen LogP contribution < -0.4 is 10.2 Å². The molecule has 7 heteroatoms. The fraction of sp³-hybridized carbons (Fsp3) is 0.389. The normalized spacial score (nSPS) is 14.7. The Labute approximate surface area is 148 Å². The number of carbonyl (C=O) groups excluding carboxylic acids is 2. The number of nitrogens with one attached hydrogen (secondary N) is 1. The molecule has 25 heavy (non-hydrogen) atoms. The molecule has 0 spiro atoms. The average molecular weight is 341 g/mol. The number of carbonyl (C=O) groups is 2. The highest BCUT2D eigenvalue weighted by molar-refractivity contribution is 5.97. The molecule has 0 aromatic heterocycles. The van der Waals surface area contributed by atoms with Gasteiger partial charge in [0.1, 0.15) is 11.6 Å². The predicted octanol–water partition coefficient (Wildman–Crippen LogP) is 1.26. The molecular weight excluding hydrogens is 318 g/mol. The Morgan fingerprint density at radius 3 is 2.16 bits per heavy atom. The molecule has 0 saturated carbocycles. The fourth-order valence-corrected chi connectivity index (χ4v) is 2.55. The number of nitriles is 1. The summed E-state index contributed by atoms with van der Waals surface area (Å²) in [6.45, 7) is 3.39. The van der Waals surface area contributed by atoms with Gasteiger partial charge in [0.25, 0.3) is 5.91 Å². The van der Waals surface area contributed by atoms with Crippen LogP contribution in [0.2, 0.25) is 0 Å². The molecule has 0 radical (unpaired) electrons. The molecule has 1 aliphatic heterocycles. The first-order valence-electron chi connectivity index (χ1n) is 8.11. The second-order valence-corrected chi connectivity index (χ2v) is 6.05. The number of anilines is 2. The van der Waals surface area contributed by atoms with E-state index in [0.29, 0.717) is 26.2 Å². The van der Waals surface area contributed by atoms with Crippen molar-refractivity contribution in [1.82, 2.24) is 9.80 Å². The number of benzene rings is 1. The number of nitrogens with zero attached hydrogens (tertiary/aromatic N) is 4. The Morgan fingerprint density at radius 1 is 1.12 bits per heavy atom. The van der Waals surface area contributed by atoms with E-state index in [1.165, 1.54) is 13.1 Å². The smallest absolute Gasteiger partial charge is 0.266 e. The van der Waals surface area contributed by atoms with Crippen molar-refractivity contribution >= 4 is 23.2 Å². The van der Waals surface area contributed by atoms with Crippen molar-refractivity contribution < 1.29 is 9.59 Å². The van der Waals surface area contributed by atoms with E-state index in [0.717, 1.165) is 11.4 Å². The van der Waals surface area contributed by atoms with Crippen molar-refractivity contribution in [2.75, 3.05) is 50.5 Å². The number of rotatable bonds is 4. The largest absolute Gasteiger partial charge is 0.378 e. The van der Waals surface area contributed by atoms with Gasteiger partial charge in [-0.15, -0.1) is 0 Å². The topological polar surface area (TPSA) is 79.7 Å². The van der Waals surface area contributed by atoms with Crippen LogP contribution in [0.15, 0.2) is 36.0 Å². The summed E-state index contributed by atoms with van der Waals surface area (Å²) in [5.74, 6) is -0.311. The monoisotopic (exact) mass is 341 g/mol. The molecule has 2 amide bonds. The molecule has 1 saturated heterocycles. The first-order chi connectivity index (χ1) is 11.9.